The zero-order valence-electron chi connectivity index (χ0n) is 30.2. The number of aryl methyl sites for hydroxylation is 1. The number of nitrogens with zero attached hydrogens (tertiary/aromatic N) is 2. The molecule has 272 valence electrons. The van der Waals surface area contributed by atoms with Gasteiger partial charge in [0, 0.05) is 25.7 Å². The third-order valence-electron chi connectivity index (χ3n) is 10.9. The van der Waals surface area contributed by atoms with E-state index < -0.39 is 60.3 Å². The van der Waals surface area contributed by atoms with Crippen LogP contribution in [-0.4, -0.2) is 81.5 Å². The maximum Gasteiger partial charge on any atom is 0.410 e. The number of ether oxygens (including phenoxy) is 2. The standard InChI is InChI=1S/C36H55N4O8P/c1-8-25-18-36(25,49(45,46)9-2)38-30(41)28-17-26-20-40(28)31(42)29(34(3,4)5)37-32(43)47-22-35(6,7)16-11-10-13-23-14-12-15-24-19-39(21-27(23)24)33(44)48-26/h12,14-15,25-26,28-29H,8-11,13,16-22H2,1-7H3,(H,37,43)(H,38,41)(H,45,46)/t25-,26+,28-,29+,36-/m0/s1. The van der Waals surface area contributed by atoms with E-state index in [9.17, 15) is 28.6 Å². The minimum Gasteiger partial charge on any atom is -0.449 e. The second kappa shape index (κ2) is 13.9. The number of cyclic esters (lactones) is 1. The van der Waals surface area contributed by atoms with Crippen LogP contribution in [0.5, 0.6) is 0 Å². The lowest BCUT2D eigenvalue weighted by molar-refractivity contribution is -0.142. The quantitative estimate of drug-likeness (QED) is 0.339. The number of carbonyl (C=O) groups is 4. The molecule has 5 rings (SSSR count). The van der Waals surface area contributed by atoms with E-state index in [1.54, 1.807) is 11.8 Å². The van der Waals surface area contributed by atoms with Crippen molar-refractivity contribution >= 4 is 31.4 Å². The minimum atomic E-state index is -3.75. The van der Waals surface area contributed by atoms with Crippen molar-refractivity contribution in [2.75, 3.05) is 19.3 Å². The molecule has 6 atom stereocenters. The Kier molecular flexibility index (Phi) is 10.5. The molecular formula is C36H55N4O8P. The molecule has 3 aliphatic heterocycles. The number of rotatable bonds is 5. The number of hydrogen-bond donors (Lipinski definition) is 3. The summed E-state index contributed by atoms with van der Waals surface area (Å²) >= 11 is 0. The van der Waals surface area contributed by atoms with Gasteiger partial charge in [0.2, 0.25) is 19.2 Å². The molecule has 12 nitrogen and oxygen atoms in total. The molecule has 4 amide bonds. The van der Waals surface area contributed by atoms with Crippen LogP contribution >= 0.6 is 7.37 Å². The molecule has 2 fully saturated rings. The predicted molar refractivity (Wildman–Crippen MR) is 185 cm³/mol. The van der Waals surface area contributed by atoms with Gasteiger partial charge in [-0.2, -0.15) is 0 Å². The van der Waals surface area contributed by atoms with Gasteiger partial charge in [-0.15, -0.1) is 0 Å². The Balaban J connectivity index is 1.45. The molecular weight excluding hydrogens is 647 g/mol. The fourth-order valence-electron chi connectivity index (χ4n) is 7.72. The largest absolute Gasteiger partial charge is 0.449 e. The van der Waals surface area contributed by atoms with Crippen LogP contribution in [0.15, 0.2) is 18.2 Å². The Morgan fingerprint density at radius 2 is 1.84 bits per heavy atom. The third-order valence-corrected chi connectivity index (χ3v) is 13.7. The summed E-state index contributed by atoms with van der Waals surface area (Å²) in [4.78, 5) is 69.2. The van der Waals surface area contributed by atoms with E-state index in [2.05, 4.69) is 30.5 Å². The molecule has 1 aromatic rings. The average molecular weight is 703 g/mol. The Morgan fingerprint density at radius 1 is 1.12 bits per heavy atom. The maximum absolute atomic E-state index is 14.4. The van der Waals surface area contributed by atoms with Gasteiger partial charge in [-0.3, -0.25) is 19.1 Å². The van der Waals surface area contributed by atoms with E-state index in [1.165, 1.54) is 10.5 Å². The van der Waals surface area contributed by atoms with Crippen molar-refractivity contribution < 1.29 is 38.1 Å². The fourth-order valence-corrected chi connectivity index (χ4v) is 9.83. The lowest BCUT2D eigenvalue weighted by Crippen LogP contribution is -2.58. The molecule has 4 aliphatic rings. The summed E-state index contributed by atoms with van der Waals surface area (Å²) in [6.07, 6.45) is 2.53. The third kappa shape index (κ3) is 7.80. The molecule has 3 heterocycles. The van der Waals surface area contributed by atoms with Gasteiger partial charge >= 0.3 is 12.2 Å². The van der Waals surface area contributed by atoms with Crippen LogP contribution in [0.3, 0.4) is 0 Å². The number of fused-ring (bicyclic) bond motifs is 3. The van der Waals surface area contributed by atoms with Gasteiger partial charge in [0.25, 0.3) is 0 Å². The van der Waals surface area contributed by atoms with Crippen LogP contribution in [0, 0.1) is 16.7 Å². The second-order valence-corrected chi connectivity index (χ2v) is 19.1. The predicted octanol–water partition coefficient (Wildman–Crippen LogP) is 5.53. The van der Waals surface area contributed by atoms with E-state index in [4.69, 9.17) is 9.47 Å². The van der Waals surface area contributed by atoms with Gasteiger partial charge in [-0.1, -0.05) is 79.5 Å². The Labute approximate surface area is 290 Å². The van der Waals surface area contributed by atoms with Crippen LogP contribution in [0.2, 0.25) is 0 Å². The number of carbonyl (C=O) groups excluding carboxylic acids is 4. The summed E-state index contributed by atoms with van der Waals surface area (Å²) in [5.74, 6) is -1.25. The lowest BCUT2D eigenvalue weighted by Gasteiger charge is -2.36. The normalized spacial score (nSPS) is 30.5. The molecule has 0 aromatic heterocycles. The molecule has 13 heteroatoms. The fraction of sp³-hybridized carbons (Fsp3) is 0.722. The number of hydrogen-bond acceptors (Lipinski definition) is 7. The summed E-state index contributed by atoms with van der Waals surface area (Å²) < 4.78 is 25.0. The van der Waals surface area contributed by atoms with Gasteiger partial charge in [0.15, 0.2) is 0 Å². The zero-order chi connectivity index (χ0) is 35.9. The van der Waals surface area contributed by atoms with Crippen molar-refractivity contribution in [2.24, 2.45) is 16.7 Å². The van der Waals surface area contributed by atoms with Crippen molar-refractivity contribution in [3.63, 3.8) is 0 Å². The smallest absolute Gasteiger partial charge is 0.410 e. The number of amides is 4. The van der Waals surface area contributed by atoms with E-state index >= 15 is 0 Å². The van der Waals surface area contributed by atoms with E-state index in [0.717, 1.165) is 36.8 Å². The summed E-state index contributed by atoms with van der Waals surface area (Å²) in [5, 5.41) is 4.42. The minimum absolute atomic E-state index is 0.00615. The highest BCUT2D eigenvalue weighted by Gasteiger charge is 2.65. The van der Waals surface area contributed by atoms with E-state index in [0.29, 0.717) is 25.9 Å². The van der Waals surface area contributed by atoms with Gasteiger partial charge in [0.05, 0.1) is 13.2 Å². The summed E-state index contributed by atoms with van der Waals surface area (Å²) in [7, 11) is -3.75. The molecule has 1 unspecified atom stereocenters. The van der Waals surface area contributed by atoms with Gasteiger partial charge in [-0.05, 0) is 59.1 Å². The average Bonchev–Trinajstić information content (AvgIpc) is 3.35. The summed E-state index contributed by atoms with van der Waals surface area (Å²) in [6.45, 7) is 14.0. The van der Waals surface area contributed by atoms with Crippen molar-refractivity contribution in [1.82, 2.24) is 20.4 Å². The molecule has 4 bridgehead atoms. The van der Waals surface area contributed by atoms with Gasteiger partial charge < -0.3 is 29.9 Å². The lowest BCUT2D eigenvalue weighted by atomic mass is 9.85. The zero-order valence-corrected chi connectivity index (χ0v) is 31.1. The van der Waals surface area contributed by atoms with Gasteiger partial charge in [-0.25, -0.2) is 9.59 Å². The Hall–Kier alpha value is -3.11. The summed E-state index contributed by atoms with van der Waals surface area (Å²) in [5.41, 5.74) is 2.35. The first kappa shape index (κ1) is 37.2. The molecule has 3 N–H and O–H groups in total. The monoisotopic (exact) mass is 702 g/mol. The SMILES string of the molecule is CC[C@H]1C[C@]1(NC(=O)[C@@H]1C[C@@H]2CN1C(=O)[C@H](C(C)(C)C)NC(=O)OCC(C)(C)CCCCc1cccc3c1CN(C3)C(=O)O2)P(=O)(O)CC. The molecule has 1 aliphatic carbocycles. The molecule has 1 saturated carbocycles. The number of nitrogens with one attached hydrogen (secondary N) is 2. The van der Waals surface area contributed by atoms with Crippen molar-refractivity contribution in [3.05, 3.63) is 34.9 Å². The Morgan fingerprint density at radius 3 is 2.49 bits per heavy atom. The van der Waals surface area contributed by atoms with Crippen LogP contribution in [0.25, 0.3) is 0 Å². The molecule has 0 spiro atoms. The van der Waals surface area contributed by atoms with Crippen LogP contribution in [0.1, 0.15) is 104 Å². The molecule has 0 radical (unpaired) electrons. The molecule has 1 saturated heterocycles. The van der Waals surface area contributed by atoms with Gasteiger partial charge in [0.1, 0.15) is 23.5 Å². The first-order valence-corrected chi connectivity index (χ1v) is 19.7. The van der Waals surface area contributed by atoms with Crippen molar-refractivity contribution in [1.29, 1.82) is 0 Å². The van der Waals surface area contributed by atoms with Crippen LogP contribution in [-0.2, 0) is 43.1 Å². The highest BCUT2D eigenvalue weighted by Crippen LogP contribution is 2.69. The second-order valence-electron chi connectivity index (χ2n) is 16.3. The highest BCUT2D eigenvalue weighted by atomic mass is 31.2. The topological polar surface area (TPSA) is 155 Å². The van der Waals surface area contributed by atoms with E-state index in [1.807, 2.05) is 39.8 Å². The Bertz CT molecular complexity index is 1510. The van der Waals surface area contributed by atoms with Crippen molar-refractivity contribution in [2.45, 2.75) is 130 Å². The van der Waals surface area contributed by atoms with Crippen LogP contribution < -0.4 is 10.6 Å². The number of benzene rings is 1. The summed E-state index contributed by atoms with van der Waals surface area (Å²) in [6, 6.07) is 4.00. The van der Waals surface area contributed by atoms with Crippen molar-refractivity contribution in [3.8, 4) is 0 Å². The first-order chi connectivity index (χ1) is 22.9. The van der Waals surface area contributed by atoms with Crippen LogP contribution in [0.4, 0.5) is 9.59 Å². The molecule has 49 heavy (non-hydrogen) atoms. The van der Waals surface area contributed by atoms with E-state index in [-0.39, 0.29) is 37.1 Å². The maximum atomic E-state index is 14.4. The first-order valence-electron chi connectivity index (χ1n) is 17.8. The molecule has 1 aromatic carbocycles. The number of alkyl carbamates (subject to hydrolysis) is 1. The highest BCUT2D eigenvalue weighted by molar-refractivity contribution is 7.60.